The number of nitrogens with zero attached hydrogens (tertiary/aromatic N) is 2. The van der Waals surface area contributed by atoms with Crippen LogP contribution in [0.4, 0.5) is 10.1 Å². The molecule has 18 heavy (non-hydrogen) atoms. The predicted octanol–water partition coefficient (Wildman–Crippen LogP) is 1.51. The Balaban J connectivity index is 1.98. The van der Waals surface area contributed by atoms with Crippen molar-refractivity contribution in [1.29, 1.82) is 0 Å². The fraction of sp³-hybridized carbons (Fsp3) is 0.462. The number of aliphatic imine (C=N–C) groups is 1. The van der Waals surface area contributed by atoms with Gasteiger partial charge in [-0.2, -0.15) is 0 Å². The molecule has 2 heterocycles. The van der Waals surface area contributed by atoms with E-state index < -0.39 is 0 Å². The number of hydrogen-bond acceptors (Lipinski definition) is 4. The van der Waals surface area contributed by atoms with Crippen LogP contribution < -0.4 is 10.6 Å². The number of nitrogens with two attached hydrogens (primary N) is 1. The first-order valence-electron chi connectivity index (χ1n) is 6.15. The molecule has 1 spiro atoms. The molecule has 1 aromatic carbocycles. The maximum Gasteiger partial charge on any atom is 0.196 e. The van der Waals surface area contributed by atoms with Gasteiger partial charge in [-0.15, -0.1) is 0 Å². The summed E-state index contributed by atoms with van der Waals surface area (Å²) in [5, 5.41) is 0. The van der Waals surface area contributed by atoms with E-state index in [1.165, 1.54) is 12.1 Å². The third-order valence-electron chi connectivity index (χ3n) is 3.61. The molecule has 5 heteroatoms. The maximum absolute atomic E-state index is 13.4. The van der Waals surface area contributed by atoms with Crippen molar-refractivity contribution in [2.24, 2.45) is 10.7 Å². The molecule has 0 bridgehead atoms. The van der Waals surface area contributed by atoms with Crippen LogP contribution in [0.15, 0.2) is 29.3 Å². The van der Waals surface area contributed by atoms with Crippen molar-refractivity contribution in [2.75, 3.05) is 24.7 Å². The molecule has 96 valence electrons. The van der Waals surface area contributed by atoms with Gasteiger partial charge in [-0.1, -0.05) is 6.07 Å². The fourth-order valence-corrected chi connectivity index (χ4v) is 2.77. The minimum absolute atomic E-state index is 0.226. The summed E-state index contributed by atoms with van der Waals surface area (Å²) in [6.45, 7) is 1.99. The predicted molar refractivity (Wildman–Crippen MR) is 68.2 cm³/mol. The number of ether oxygens (including phenoxy) is 1. The van der Waals surface area contributed by atoms with Crippen LogP contribution >= 0.6 is 0 Å². The average Bonchev–Trinajstić information content (AvgIpc) is 2.67. The monoisotopic (exact) mass is 249 g/mol. The number of anilines is 1. The largest absolute Gasteiger partial charge is 0.379 e. The summed E-state index contributed by atoms with van der Waals surface area (Å²) in [4.78, 5) is 6.24. The first-order chi connectivity index (χ1) is 8.71. The number of halogens is 1. The molecule has 0 saturated carbocycles. The summed E-state index contributed by atoms with van der Waals surface area (Å²) < 4.78 is 18.9. The second-order valence-electron chi connectivity index (χ2n) is 4.87. The Hall–Kier alpha value is -1.62. The Labute approximate surface area is 105 Å². The van der Waals surface area contributed by atoms with Crippen LogP contribution in [0.5, 0.6) is 0 Å². The summed E-state index contributed by atoms with van der Waals surface area (Å²) in [5.41, 5.74) is 6.49. The van der Waals surface area contributed by atoms with Crippen molar-refractivity contribution < 1.29 is 9.13 Å². The van der Waals surface area contributed by atoms with E-state index in [-0.39, 0.29) is 11.4 Å². The Morgan fingerprint density at radius 2 is 2.33 bits per heavy atom. The van der Waals surface area contributed by atoms with Gasteiger partial charge in [-0.3, -0.25) is 4.99 Å². The lowest BCUT2D eigenvalue weighted by atomic mass is 9.91. The van der Waals surface area contributed by atoms with Crippen molar-refractivity contribution in [1.82, 2.24) is 0 Å². The minimum Gasteiger partial charge on any atom is -0.379 e. The highest BCUT2D eigenvalue weighted by atomic mass is 19.1. The van der Waals surface area contributed by atoms with E-state index in [1.807, 2.05) is 11.0 Å². The van der Waals surface area contributed by atoms with Crippen molar-refractivity contribution in [3.8, 4) is 0 Å². The standard InChI is InChI=1S/C13H16FN3O/c14-10-3-1-4-11(7-10)17-12(15)16-8-13(17)5-2-6-18-9-13/h1,3-4,7H,2,5-6,8-9H2,(H2,15,16). The van der Waals surface area contributed by atoms with Crippen molar-refractivity contribution in [3.05, 3.63) is 30.1 Å². The second kappa shape index (κ2) is 4.24. The molecule has 0 aliphatic carbocycles. The first kappa shape index (κ1) is 11.5. The number of benzene rings is 1. The molecule has 1 aromatic rings. The zero-order valence-corrected chi connectivity index (χ0v) is 10.1. The highest BCUT2D eigenvalue weighted by Crippen LogP contribution is 2.34. The van der Waals surface area contributed by atoms with Gasteiger partial charge in [0.25, 0.3) is 0 Å². The molecule has 1 fully saturated rings. The third kappa shape index (κ3) is 1.75. The molecule has 3 rings (SSSR count). The fourth-order valence-electron chi connectivity index (χ4n) is 2.77. The quantitative estimate of drug-likeness (QED) is 0.820. The first-order valence-corrected chi connectivity index (χ1v) is 6.15. The number of rotatable bonds is 1. The van der Waals surface area contributed by atoms with Crippen LogP contribution in [0.1, 0.15) is 12.8 Å². The van der Waals surface area contributed by atoms with Gasteiger partial charge in [0.1, 0.15) is 5.82 Å². The molecule has 0 aromatic heterocycles. The molecule has 2 N–H and O–H groups in total. The number of hydrogen-bond donors (Lipinski definition) is 1. The zero-order chi connectivity index (χ0) is 12.6. The SMILES string of the molecule is NC1=NCC2(CCCOC2)N1c1cccc(F)c1. The van der Waals surface area contributed by atoms with Crippen LogP contribution in [0, 0.1) is 5.82 Å². The highest BCUT2D eigenvalue weighted by molar-refractivity contribution is 5.98. The normalized spacial score (nSPS) is 27.6. The Kier molecular flexibility index (Phi) is 2.70. The molecular weight excluding hydrogens is 233 g/mol. The van der Waals surface area contributed by atoms with Gasteiger partial charge in [0, 0.05) is 12.3 Å². The van der Waals surface area contributed by atoms with Crippen LogP contribution in [-0.4, -0.2) is 31.3 Å². The van der Waals surface area contributed by atoms with E-state index in [9.17, 15) is 4.39 Å². The molecule has 1 atom stereocenters. The van der Waals surface area contributed by atoms with Crippen molar-refractivity contribution in [2.45, 2.75) is 18.4 Å². The average molecular weight is 249 g/mol. The van der Waals surface area contributed by atoms with E-state index in [0.29, 0.717) is 19.1 Å². The van der Waals surface area contributed by atoms with E-state index in [2.05, 4.69) is 4.99 Å². The van der Waals surface area contributed by atoms with E-state index in [0.717, 1.165) is 25.1 Å². The molecular formula is C13H16FN3O. The van der Waals surface area contributed by atoms with Crippen LogP contribution in [0.3, 0.4) is 0 Å². The topological polar surface area (TPSA) is 50.9 Å². The second-order valence-corrected chi connectivity index (χ2v) is 4.87. The van der Waals surface area contributed by atoms with Crippen molar-refractivity contribution in [3.63, 3.8) is 0 Å². The summed E-state index contributed by atoms with van der Waals surface area (Å²) in [6.07, 6.45) is 1.95. The minimum atomic E-state index is -0.265. The molecule has 2 aliphatic rings. The lowest BCUT2D eigenvalue weighted by Crippen LogP contribution is -2.56. The van der Waals surface area contributed by atoms with Gasteiger partial charge in [0.2, 0.25) is 0 Å². The lowest BCUT2D eigenvalue weighted by molar-refractivity contribution is 0.0459. The van der Waals surface area contributed by atoms with Gasteiger partial charge in [0.05, 0.1) is 18.7 Å². The molecule has 0 radical (unpaired) electrons. The van der Waals surface area contributed by atoms with Crippen LogP contribution in [0.2, 0.25) is 0 Å². The maximum atomic E-state index is 13.4. The summed E-state index contributed by atoms with van der Waals surface area (Å²) in [6, 6.07) is 6.46. The van der Waals surface area contributed by atoms with Crippen LogP contribution in [-0.2, 0) is 4.74 Å². The van der Waals surface area contributed by atoms with Crippen LogP contribution in [0.25, 0.3) is 0 Å². The Morgan fingerprint density at radius 1 is 1.44 bits per heavy atom. The zero-order valence-electron chi connectivity index (χ0n) is 10.1. The summed E-state index contributed by atoms with van der Waals surface area (Å²) in [7, 11) is 0. The summed E-state index contributed by atoms with van der Waals surface area (Å²) in [5.74, 6) is 0.185. The molecule has 2 aliphatic heterocycles. The number of guanidine groups is 1. The van der Waals surface area contributed by atoms with Gasteiger partial charge in [-0.25, -0.2) is 4.39 Å². The smallest absolute Gasteiger partial charge is 0.196 e. The molecule has 4 nitrogen and oxygen atoms in total. The van der Waals surface area contributed by atoms with Gasteiger partial charge in [0.15, 0.2) is 5.96 Å². The van der Waals surface area contributed by atoms with Gasteiger partial charge in [-0.05, 0) is 31.0 Å². The Bertz CT molecular complexity index is 483. The molecule has 1 unspecified atom stereocenters. The van der Waals surface area contributed by atoms with E-state index in [4.69, 9.17) is 10.5 Å². The lowest BCUT2D eigenvalue weighted by Gasteiger charge is -2.41. The summed E-state index contributed by atoms with van der Waals surface area (Å²) >= 11 is 0. The highest BCUT2D eigenvalue weighted by Gasteiger charge is 2.44. The molecule has 0 amide bonds. The Morgan fingerprint density at radius 3 is 3.06 bits per heavy atom. The van der Waals surface area contributed by atoms with E-state index in [1.54, 1.807) is 6.07 Å². The van der Waals surface area contributed by atoms with Crippen molar-refractivity contribution >= 4 is 11.6 Å². The molecule has 1 saturated heterocycles. The third-order valence-corrected chi connectivity index (χ3v) is 3.61. The van der Waals surface area contributed by atoms with Gasteiger partial charge < -0.3 is 15.4 Å². The van der Waals surface area contributed by atoms with E-state index >= 15 is 0 Å². The van der Waals surface area contributed by atoms with Gasteiger partial charge >= 0.3 is 0 Å².